The number of para-hydroxylation sites is 1. The van der Waals surface area contributed by atoms with E-state index in [9.17, 15) is 0 Å². The summed E-state index contributed by atoms with van der Waals surface area (Å²) in [4.78, 5) is 1.12. The summed E-state index contributed by atoms with van der Waals surface area (Å²) in [5, 5.41) is 0. The highest BCUT2D eigenvalue weighted by Gasteiger charge is 2.01. The molecule has 2 N–H and O–H groups in total. The first-order valence-corrected chi connectivity index (χ1v) is 7.33. The number of thioether (sulfide) groups is 1. The van der Waals surface area contributed by atoms with E-state index in [2.05, 4.69) is 25.1 Å². The van der Waals surface area contributed by atoms with Gasteiger partial charge in [-0.1, -0.05) is 24.3 Å². The third kappa shape index (κ3) is 3.93. The lowest BCUT2D eigenvalue weighted by Gasteiger charge is -2.09. The molecule has 0 atom stereocenters. The zero-order valence-corrected chi connectivity index (χ0v) is 12.2. The second-order valence-corrected chi connectivity index (χ2v) is 5.64. The maximum absolute atomic E-state index is 5.98. The van der Waals surface area contributed by atoms with Gasteiger partial charge in [-0.05, 0) is 43.2 Å². The minimum Gasteiger partial charge on any atom is -0.492 e. The Labute approximate surface area is 119 Å². The lowest BCUT2D eigenvalue weighted by Crippen LogP contribution is -2.01. The molecule has 0 saturated carbocycles. The van der Waals surface area contributed by atoms with Crippen LogP contribution in [0.4, 0.5) is 5.69 Å². The highest BCUT2D eigenvalue weighted by atomic mass is 32.2. The SMILES string of the molecule is Cc1ccc(SCCOc2ccccc2C)c(N)c1. The molecule has 0 aromatic heterocycles. The van der Waals surface area contributed by atoms with Gasteiger partial charge in [-0.15, -0.1) is 11.8 Å². The van der Waals surface area contributed by atoms with Gasteiger partial charge in [0.15, 0.2) is 0 Å². The van der Waals surface area contributed by atoms with Crippen LogP contribution >= 0.6 is 11.8 Å². The Morgan fingerprint density at radius 3 is 2.63 bits per heavy atom. The minimum atomic E-state index is 0.683. The Morgan fingerprint density at radius 1 is 1.11 bits per heavy atom. The van der Waals surface area contributed by atoms with E-state index in [0.29, 0.717) is 6.61 Å². The molecule has 2 rings (SSSR count). The normalized spacial score (nSPS) is 10.4. The van der Waals surface area contributed by atoms with Crippen LogP contribution in [0.5, 0.6) is 5.75 Å². The van der Waals surface area contributed by atoms with Gasteiger partial charge < -0.3 is 10.5 Å². The number of benzene rings is 2. The Morgan fingerprint density at radius 2 is 1.89 bits per heavy atom. The number of rotatable bonds is 5. The summed E-state index contributed by atoms with van der Waals surface area (Å²) >= 11 is 1.73. The first-order chi connectivity index (χ1) is 9.16. The molecule has 100 valence electrons. The summed E-state index contributed by atoms with van der Waals surface area (Å²) in [6.45, 7) is 4.79. The molecule has 0 amide bonds. The highest BCUT2D eigenvalue weighted by Crippen LogP contribution is 2.26. The molecular formula is C16H19NOS. The van der Waals surface area contributed by atoms with Crippen LogP contribution in [0.3, 0.4) is 0 Å². The first-order valence-electron chi connectivity index (χ1n) is 6.34. The number of hydrogen-bond donors (Lipinski definition) is 1. The van der Waals surface area contributed by atoms with E-state index in [4.69, 9.17) is 10.5 Å². The Hall–Kier alpha value is -1.61. The lowest BCUT2D eigenvalue weighted by molar-refractivity contribution is 0.341. The van der Waals surface area contributed by atoms with Crippen LogP contribution in [0.2, 0.25) is 0 Å². The fraction of sp³-hybridized carbons (Fsp3) is 0.250. The number of aryl methyl sites for hydroxylation is 2. The van der Waals surface area contributed by atoms with Crippen molar-refractivity contribution in [3.63, 3.8) is 0 Å². The molecule has 2 nitrogen and oxygen atoms in total. The van der Waals surface area contributed by atoms with Gasteiger partial charge in [0.25, 0.3) is 0 Å². The Balaban J connectivity index is 1.83. The smallest absolute Gasteiger partial charge is 0.122 e. The zero-order valence-electron chi connectivity index (χ0n) is 11.3. The fourth-order valence-corrected chi connectivity index (χ4v) is 2.60. The van der Waals surface area contributed by atoms with Crippen LogP contribution in [-0.2, 0) is 0 Å². The van der Waals surface area contributed by atoms with Crippen molar-refractivity contribution in [2.75, 3.05) is 18.1 Å². The Kier molecular flexibility index (Phi) is 4.74. The monoisotopic (exact) mass is 273 g/mol. The van der Waals surface area contributed by atoms with Crippen molar-refractivity contribution >= 4 is 17.4 Å². The maximum atomic E-state index is 5.98. The van der Waals surface area contributed by atoms with Crippen molar-refractivity contribution in [3.05, 3.63) is 53.6 Å². The van der Waals surface area contributed by atoms with Crippen LogP contribution in [0, 0.1) is 13.8 Å². The minimum absolute atomic E-state index is 0.683. The summed E-state index contributed by atoms with van der Waals surface area (Å²) in [5.74, 6) is 1.85. The van der Waals surface area contributed by atoms with Gasteiger partial charge in [-0.2, -0.15) is 0 Å². The van der Waals surface area contributed by atoms with E-state index in [0.717, 1.165) is 22.1 Å². The molecule has 0 fully saturated rings. The van der Waals surface area contributed by atoms with Crippen LogP contribution in [0.1, 0.15) is 11.1 Å². The summed E-state index contributed by atoms with van der Waals surface area (Å²) in [6.07, 6.45) is 0. The number of hydrogen-bond acceptors (Lipinski definition) is 3. The van der Waals surface area contributed by atoms with Crippen molar-refractivity contribution < 1.29 is 4.74 Å². The van der Waals surface area contributed by atoms with Crippen molar-refractivity contribution in [1.82, 2.24) is 0 Å². The summed E-state index contributed by atoms with van der Waals surface area (Å²) in [6, 6.07) is 14.2. The second-order valence-electron chi connectivity index (χ2n) is 4.50. The summed E-state index contributed by atoms with van der Waals surface area (Å²) in [5.41, 5.74) is 9.19. The average Bonchev–Trinajstić information content (AvgIpc) is 2.38. The van der Waals surface area contributed by atoms with E-state index >= 15 is 0 Å². The van der Waals surface area contributed by atoms with E-state index in [1.54, 1.807) is 11.8 Å². The molecule has 0 aliphatic carbocycles. The predicted molar refractivity (Wildman–Crippen MR) is 83.0 cm³/mol. The summed E-state index contributed by atoms with van der Waals surface area (Å²) < 4.78 is 5.76. The van der Waals surface area contributed by atoms with Crippen molar-refractivity contribution in [1.29, 1.82) is 0 Å². The molecule has 0 aliphatic rings. The second kappa shape index (κ2) is 6.53. The predicted octanol–water partition coefficient (Wildman–Crippen LogP) is 4.06. The Bertz CT molecular complexity index is 554. The highest BCUT2D eigenvalue weighted by molar-refractivity contribution is 7.99. The third-order valence-corrected chi connectivity index (χ3v) is 3.91. The van der Waals surface area contributed by atoms with Gasteiger partial charge in [-0.3, -0.25) is 0 Å². The maximum Gasteiger partial charge on any atom is 0.122 e. The van der Waals surface area contributed by atoms with Gasteiger partial charge in [0.05, 0.1) is 6.61 Å². The van der Waals surface area contributed by atoms with E-state index in [1.165, 1.54) is 11.1 Å². The molecule has 0 unspecified atom stereocenters. The topological polar surface area (TPSA) is 35.2 Å². The molecule has 2 aromatic carbocycles. The number of ether oxygens (including phenoxy) is 1. The number of nitrogen functional groups attached to an aromatic ring is 1. The molecule has 0 radical (unpaired) electrons. The van der Waals surface area contributed by atoms with E-state index in [-0.39, 0.29) is 0 Å². The van der Waals surface area contributed by atoms with E-state index < -0.39 is 0 Å². The molecule has 0 saturated heterocycles. The van der Waals surface area contributed by atoms with Crippen molar-refractivity contribution in [2.45, 2.75) is 18.7 Å². The van der Waals surface area contributed by atoms with Crippen LogP contribution in [0.15, 0.2) is 47.4 Å². The quantitative estimate of drug-likeness (QED) is 0.507. The van der Waals surface area contributed by atoms with Gasteiger partial charge in [0, 0.05) is 16.3 Å². The average molecular weight is 273 g/mol. The molecule has 3 heteroatoms. The van der Waals surface area contributed by atoms with Gasteiger partial charge >= 0.3 is 0 Å². The molecule has 2 aromatic rings. The first kappa shape index (κ1) is 13.8. The third-order valence-electron chi connectivity index (χ3n) is 2.86. The number of nitrogens with two attached hydrogens (primary N) is 1. The fourth-order valence-electron chi connectivity index (χ4n) is 1.82. The zero-order chi connectivity index (χ0) is 13.7. The molecule has 0 heterocycles. The molecular weight excluding hydrogens is 254 g/mol. The van der Waals surface area contributed by atoms with Gasteiger partial charge in [0.2, 0.25) is 0 Å². The van der Waals surface area contributed by atoms with Crippen LogP contribution in [0.25, 0.3) is 0 Å². The molecule has 0 aliphatic heterocycles. The van der Waals surface area contributed by atoms with Crippen molar-refractivity contribution in [2.24, 2.45) is 0 Å². The molecule has 19 heavy (non-hydrogen) atoms. The largest absolute Gasteiger partial charge is 0.492 e. The van der Waals surface area contributed by atoms with Gasteiger partial charge in [-0.25, -0.2) is 0 Å². The molecule has 0 spiro atoms. The van der Waals surface area contributed by atoms with Crippen LogP contribution in [-0.4, -0.2) is 12.4 Å². The van der Waals surface area contributed by atoms with Crippen molar-refractivity contribution in [3.8, 4) is 5.75 Å². The number of anilines is 1. The van der Waals surface area contributed by atoms with E-state index in [1.807, 2.05) is 31.2 Å². The van der Waals surface area contributed by atoms with Gasteiger partial charge in [0.1, 0.15) is 5.75 Å². The van der Waals surface area contributed by atoms with Crippen LogP contribution < -0.4 is 10.5 Å². The summed E-state index contributed by atoms with van der Waals surface area (Å²) in [7, 11) is 0. The standard InChI is InChI=1S/C16H19NOS/c1-12-7-8-16(14(17)11-12)19-10-9-18-15-6-4-3-5-13(15)2/h3-8,11H,9-10,17H2,1-2H3. The molecule has 0 bridgehead atoms. The lowest BCUT2D eigenvalue weighted by atomic mass is 10.2.